The molecule has 0 heterocycles. The molecular formula is C4H9SY-. The smallest absolute Gasteiger partial charge is 0 e. The molecule has 0 saturated heterocycles. The molecule has 0 aliphatic rings. The first-order valence-corrected chi connectivity index (χ1v) is 2.11. The molecule has 6 heavy (non-hydrogen) atoms. The summed E-state index contributed by atoms with van der Waals surface area (Å²) in [6.07, 6.45) is 0. The van der Waals surface area contributed by atoms with Gasteiger partial charge in [0.15, 0.2) is 0 Å². The number of rotatable bonds is 0. The average molecular weight is 178 g/mol. The van der Waals surface area contributed by atoms with E-state index in [0.717, 1.165) is 0 Å². The van der Waals surface area contributed by atoms with Crippen LogP contribution in [0.15, 0.2) is 0 Å². The van der Waals surface area contributed by atoms with Crippen LogP contribution in [0.25, 0.3) is 0 Å². The van der Waals surface area contributed by atoms with Crippen molar-refractivity contribution in [3.05, 3.63) is 0 Å². The Morgan fingerprint density at radius 1 is 1.17 bits per heavy atom. The van der Waals surface area contributed by atoms with Crippen molar-refractivity contribution in [1.29, 1.82) is 0 Å². The summed E-state index contributed by atoms with van der Waals surface area (Å²) in [6.45, 7) is 6.01. The molecule has 0 saturated carbocycles. The molecule has 0 N–H and O–H groups in total. The minimum absolute atomic E-state index is 0. The molecule has 0 spiro atoms. The van der Waals surface area contributed by atoms with Gasteiger partial charge in [-0.2, -0.15) is 4.75 Å². The Kier molecular flexibility index (Phi) is 6.01. The summed E-state index contributed by atoms with van der Waals surface area (Å²) >= 11 is 4.83. The summed E-state index contributed by atoms with van der Waals surface area (Å²) in [5.41, 5.74) is 0. The normalized spacial score (nSPS) is 10.0. The monoisotopic (exact) mass is 178 g/mol. The van der Waals surface area contributed by atoms with Crippen LogP contribution in [0.3, 0.4) is 0 Å². The maximum absolute atomic E-state index is 4.83. The van der Waals surface area contributed by atoms with Crippen molar-refractivity contribution in [2.75, 3.05) is 0 Å². The number of hydrogen-bond donors (Lipinski definition) is 0. The molecule has 0 aromatic heterocycles. The van der Waals surface area contributed by atoms with Crippen LogP contribution in [0.4, 0.5) is 0 Å². The largest absolute Gasteiger partial charge is 0.787 e. The Hall–Kier alpha value is 1.45. The van der Waals surface area contributed by atoms with Gasteiger partial charge in [-0.25, -0.2) is 0 Å². The van der Waals surface area contributed by atoms with Crippen molar-refractivity contribution in [2.45, 2.75) is 25.5 Å². The topological polar surface area (TPSA) is 0 Å². The first-order valence-electron chi connectivity index (χ1n) is 1.70. The van der Waals surface area contributed by atoms with E-state index in [1.807, 2.05) is 20.8 Å². The van der Waals surface area contributed by atoms with Crippen LogP contribution >= 0.6 is 0 Å². The van der Waals surface area contributed by atoms with E-state index in [-0.39, 0.29) is 37.5 Å². The van der Waals surface area contributed by atoms with Gasteiger partial charge in [0.25, 0.3) is 0 Å². The number of hydrogen-bond acceptors (Lipinski definition) is 1. The molecule has 0 fully saturated rings. The van der Waals surface area contributed by atoms with Crippen LogP contribution in [0, 0.1) is 0 Å². The molecule has 0 aromatic rings. The van der Waals surface area contributed by atoms with Gasteiger partial charge < -0.3 is 12.6 Å². The third-order valence-corrected chi connectivity index (χ3v) is 0. The third-order valence-electron chi connectivity index (χ3n) is 0. The van der Waals surface area contributed by atoms with E-state index in [9.17, 15) is 0 Å². The molecular weight excluding hydrogens is 169 g/mol. The molecule has 0 bridgehead atoms. The van der Waals surface area contributed by atoms with Crippen molar-refractivity contribution in [3.63, 3.8) is 0 Å². The van der Waals surface area contributed by atoms with Gasteiger partial charge in [-0.1, -0.05) is 20.8 Å². The Morgan fingerprint density at radius 2 is 1.17 bits per heavy atom. The first kappa shape index (κ1) is 10.4. The van der Waals surface area contributed by atoms with E-state index in [4.69, 9.17) is 12.6 Å². The zero-order chi connectivity index (χ0) is 4.50. The molecule has 0 aliphatic carbocycles. The standard InChI is InChI=1S/C4H10S.Y/c1-4(2,3)5;/h5H,1-3H3;/p-1. The van der Waals surface area contributed by atoms with Gasteiger partial charge in [-0.15, -0.1) is 0 Å². The Labute approximate surface area is 70.4 Å². The van der Waals surface area contributed by atoms with Gasteiger partial charge >= 0.3 is 0 Å². The van der Waals surface area contributed by atoms with Crippen LogP contribution in [0.1, 0.15) is 20.8 Å². The second-order valence-electron chi connectivity index (χ2n) is 2.11. The molecule has 0 aliphatic heterocycles. The van der Waals surface area contributed by atoms with Gasteiger partial charge in [0.2, 0.25) is 0 Å². The predicted molar refractivity (Wildman–Crippen MR) is 27.1 cm³/mol. The molecule has 35 valence electrons. The fourth-order valence-electron chi connectivity index (χ4n) is 0. The third kappa shape index (κ3) is 51.2. The summed E-state index contributed by atoms with van der Waals surface area (Å²) in [4.78, 5) is 0. The van der Waals surface area contributed by atoms with Gasteiger partial charge in [0, 0.05) is 32.7 Å². The molecule has 0 rings (SSSR count). The second kappa shape index (κ2) is 3.46. The molecule has 0 amide bonds. The molecule has 1 radical (unpaired) electrons. The zero-order valence-electron chi connectivity index (χ0n) is 4.49. The molecule has 2 heteroatoms. The van der Waals surface area contributed by atoms with Crippen molar-refractivity contribution in [1.82, 2.24) is 0 Å². The predicted octanol–water partition coefficient (Wildman–Crippen LogP) is 1.33. The Morgan fingerprint density at radius 3 is 1.17 bits per heavy atom. The fraction of sp³-hybridized carbons (Fsp3) is 1.00. The summed E-state index contributed by atoms with van der Waals surface area (Å²) in [5, 5.41) is 0. The van der Waals surface area contributed by atoms with Crippen molar-refractivity contribution >= 4 is 12.6 Å². The maximum Gasteiger partial charge on any atom is 0 e. The van der Waals surface area contributed by atoms with Crippen LogP contribution in [-0.4, -0.2) is 4.75 Å². The summed E-state index contributed by atoms with van der Waals surface area (Å²) in [7, 11) is 0. The van der Waals surface area contributed by atoms with Crippen molar-refractivity contribution < 1.29 is 32.7 Å². The van der Waals surface area contributed by atoms with Crippen LogP contribution in [0.5, 0.6) is 0 Å². The van der Waals surface area contributed by atoms with E-state index < -0.39 is 0 Å². The van der Waals surface area contributed by atoms with Gasteiger partial charge in [-0.05, 0) is 0 Å². The van der Waals surface area contributed by atoms with Gasteiger partial charge in [-0.3, -0.25) is 0 Å². The van der Waals surface area contributed by atoms with E-state index in [0.29, 0.717) is 0 Å². The minimum Gasteiger partial charge on any atom is -0.787 e. The molecule has 0 nitrogen and oxygen atoms in total. The van der Waals surface area contributed by atoms with Gasteiger partial charge in [0.05, 0.1) is 0 Å². The maximum atomic E-state index is 4.83. The molecule has 0 aromatic carbocycles. The Bertz CT molecular complexity index is 23.0. The van der Waals surface area contributed by atoms with Crippen molar-refractivity contribution in [2.24, 2.45) is 0 Å². The van der Waals surface area contributed by atoms with E-state index in [2.05, 4.69) is 0 Å². The first-order chi connectivity index (χ1) is 2.00. The van der Waals surface area contributed by atoms with E-state index in [1.165, 1.54) is 0 Å². The summed E-state index contributed by atoms with van der Waals surface area (Å²) in [5.74, 6) is 0. The van der Waals surface area contributed by atoms with Gasteiger partial charge in [0.1, 0.15) is 0 Å². The average Bonchev–Trinajstić information content (AvgIpc) is 0.722. The fourth-order valence-corrected chi connectivity index (χ4v) is 0. The Balaban J connectivity index is 0. The SMILES string of the molecule is CC(C)(C)[S-].[Y]. The minimum atomic E-state index is 0. The van der Waals surface area contributed by atoms with E-state index in [1.54, 1.807) is 0 Å². The zero-order valence-corrected chi connectivity index (χ0v) is 8.14. The molecule has 0 atom stereocenters. The quantitative estimate of drug-likeness (QED) is 0.504. The summed E-state index contributed by atoms with van der Waals surface area (Å²) < 4.78 is 0.0833. The molecule has 0 unspecified atom stereocenters. The second-order valence-corrected chi connectivity index (χ2v) is 3.34. The van der Waals surface area contributed by atoms with Crippen molar-refractivity contribution in [3.8, 4) is 0 Å². The van der Waals surface area contributed by atoms with E-state index >= 15 is 0 Å². The summed E-state index contributed by atoms with van der Waals surface area (Å²) in [6, 6.07) is 0. The van der Waals surface area contributed by atoms with Crippen LogP contribution < -0.4 is 0 Å². The van der Waals surface area contributed by atoms with Crippen LogP contribution in [0.2, 0.25) is 0 Å². The van der Waals surface area contributed by atoms with Crippen LogP contribution in [-0.2, 0) is 45.3 Å².